The van der Waals surface area contributed by atoms with E-state index in [1.54, 1.807) is 18.3 Å². The van der Waals surface area contributed by atoms with E-state index < -0.39 is 110 Å². The van der Waals surface area contributed by atoms with Crippen molar-refractivity contribution in [3.05, 3.63) is 53.6 Å². The number of aliphatic hydroxyl groups is 8. The van der Waals surface area contributed by atoms with Gasteiger partial charge in [0.2, 0.25) is 5.91 Å². The van der Waals surface area contributed by atoms with Crippen LogP contribution in [0.3, 0.4) is 0 Å². The van der Waals surface area contributed by atoms with Gasteiger partial charge in [-0.2, -0.15) is 0 Å². The molecular formula is C56H83FN4O15. The molecule has 8 aliphatic rings. The number of nitrogens with zero attached hydrogens (tertiary/aromatic N) is 3. The predicted octanol–water partition coefficient (Wildman–Crippen LogP) is 3.32. The van der Waals surface area contributed by atoms with Crippen LogP contribution in [-0.4, -0.2) is 167 Å². The van der Waals surface area contributed by atoms with E-state index in [9.17, 15) is 50.0 Å². The highest BCUT2D eigenvalue weighted by Gasteiger charge is 2.70. The van der Waals surface area contributed by atoms with Crippen LogP contribution in [0.15, 0.2) is 42.1 Å². The first-order chi connectivity index (χ1) is 35.8. The van der Waals surface area contributed by atoms with E-state index in [2.05, 4.69) is 70.2 Å². The van der Waals surface area contributed by atoms with E-state index in [0.717, 1.165) is 57.8 Å². The number of halogens is 1. The molecule has 1 aromatic carbocycles. The van der Waals surface area contributed by atoms with Crippen LogP contribution >= 0.6 is 0 Å². The van der Waals surface area contributed by atoms with Gasteiger partial charge in [-0.15, -0.1) is 5.10 Å². The van der Waals surface area contributed by atoms with E-state index in [4.69, 9.17) is 28.4 Å². The average Bonchev–Trinajstić information content (AvgIpc) is 3.92. The van der Waals surface area contributed by atoms with Crippen LogP contribution in [-0.2, 0) is 39.8 Å². The summed E-state index contributed by atoms with van der Waals surface area (Å²) in [6.45, 7) is 17.4. The normalized spacial score (nSPS) is 46.8. The summed E-state index contributed by atoms with van der Waals surface area (Å²) in [4.78, 5) is 14.9. The maximum absolute atomic E-state index is 14.9. The Bertz CT molecular complexity index is 2460. The van der Waals surface area contributed by atoms with Gasteiger partial charge in [-0.1, -0.05) is 71.4 Å². The van der Waals surface area contributed by atoms with E-state index in [0.29, 0.717) is 23.7 Å². The number of benzene rings is 1. The van der Waals surface area contributed by atoms with Crippen molar-refractivity contribution in [1.82, 2.24) is 20.3 Å². The minimum absolute atomic E-state index is 0.0524. The first-order valence-corrected chi connectivity index (χ1v) is 27.7. The molecule has 4 saturated carbocycles. The zero-order valence-corrected chi connectivity index (χ0v) is 45.2. The summed E-state index contributed by atoms with van der Waals surface area (Å²) >= 11 is 0. The summed E-state index contributed by atoms with van der Waals surface area (Å²) in [6.07, 6.45) is -8.36. The zero-order valence-electron chi connectivity index (χ0n) is 45.2. The second-order valence-corrected chi connectivity index (χ2v) is 26.0. The van der Waals surface area contributed by atoms with E-state index in [1.807, 2.05) is 0 Å². The molecule has 2 aromatic rings. The Morgan fingerprint density at radius 3 is 2.24 bits per heavy atom. The first kappa shape index (κ1) is 56.2. The Balaban J connectivity index is 0.872. The summed E-state index contributed by atoms with van der Waals surface area (Å²) < 4.78 is 52.6. The highest BCUT2D eigenvalue weighted by atomic mass is 19.1. The van der Waals surface area contributed by atoms with Gasteiger partial charge < -0.3 is 74.6 Å². The first-order valence-electron chi connectivity index (χ1n) is 27.7. The fourth-order valence-corrected chi connectivity index (χ4v) is 16.3. The molecule has 0 bridgehead atoms. The molecule has 0 radical (unpaired) electrons. The smallest absolute Gasteiger partial charge is 0.227 e. The predicted molar refractivity (Wildman–Crippen MR) is 269 cm³/mol. The summed E-state index contributed by atoms with van der Waals surface area (Å²) in [7, 11) is 0. The van der Waals surface area contributed by atoms with Gasteiger partial charge in [-0.25, -0.2) is 9.07 Å². The van der Waals surface area contributed by atoms with Crippen molar-refractivity contribution in [3.8, 4) is 5.69 Å². The Labute approximate surface area is 444 Å². The van der Waals surface area contributed by atoms with Crippen molar-refractivity contribution in [2.24, 2.45) is 50.2 Å². The van der Waals surface area contributed by atoms with Crippen molar-refractivity contribution in [3.63, 3.8) is 0 Å². The molecule has 76 heavy (non-hydrogen) atoms. The van der Waals surface area contributed by atoms with E-state index in [-0.39, 0.29) is 58.4 Å². The van der Waals surface area contributed by atoms with Crippen molar-refractivity contribution in [2.45, 2.75) is 218 Å². The summed E-state index contributed by atoms with van der Waals surface area (Å²) in [5.74, 6) is 0.289. The number of fused-ring (bicyclic) bond motifs is 7. The highest BCUT2D eigenvalue weighted by molar-refractivity contribution is 5.84. The molecule has 3 aliphatic heterocycles. The van der Waals surface area contributed by atoms with Crippen LogP contribution in [0.2, 0.25) is 0 Å². The molecule has 7 fully saturated rings. The van der Waals surface area contributed by atoms with Gasteiger partial charge in [0, 0.05) is 0 Å². The summed E-state index contributed by atoms with van der Waals surface area (Å²) in [5, 5.41) is 97.7. The summed E-state index contributed by atoms with van der Waals surface area (Å²) in [5.41, 5.74) is 1.29. The lowest BCUT2D eigenvalue weighted by molar-refractivity contribution is -0.380. The number of hydrogen-bond acceptors (Lipinski definition) is 17. The van der Waals surface area contributed by atoms with Crippen molar-refractivity contribution >= 4 is 5.91 Å². The van der Waals surface area contributed by atoms with Gasteiger partial charge in [-0.05, 0) is 134 Å². The van der Waals surface area contributed by atoms with Gasteiger partial charge in [0.1, 0.15) is 72.6 Å². The minimum Gasteiger partial charge on any atom is -0.394 e. The highest BCUT2D eigenvalue weighted by Crippen LogP contribution is 2.76. The van der Waals surface area contributed by atoms with E-state index in [1.165, 1.54) is 29.3 Å². The molecule has 0 spiro atoms. The molecule has 10 rings (SSSR count). The standard InChI is InChI=1S/C56H83FN4O15/c1-28-39(63)42(66)44(68)47(72-28)76-46-41(65)35(74-48-45(69)43(67)40(64)34(26-62)73-48)27-71-49(46)75-38-15-16-53(6)36(52(38,4)5)14-17-55(8)37(53)13-12-32-33-23-51(2,3)18-20-56(33,21-19-54(32,55)7)50(70)58-24-30-25-61(60-59-30)31-11-9-10-29(57)22-31/h9-12,22,25,28,33-49,62-69H,13-21,23-24,26-27H2,1-8H3,(H,58,70)/t28-,33-,34+,35-,36-,37+,38-,39-,40+,41-,42+,43-,44+,45+,46+,47-,48-,49-,53-,54+,55+,56-/m0/s1. The Kier molecular flexibility index (Phi) is 15.2. The molecule has 424 valence electrons. The third kappa shape index (κ3) is 9.32. The third-order valence-electron chi connectivity index (χ3n) is 21.0. The molecule has 19 nitrogen and oxygen atoms in total. The number of aromatic nitrogens is 3. The van der Waals surface area contributed by atoms with Gasteiger partial charge >= 0.3 is 0 Å². The SMILES string of the molecule is C[C@@H]1O[C@@H](O[C@H]2[C@H](O[C@H]3CC[C@]4(C)[C@H]5CC=C6[C@@H]7CC(C)(C)CC[C@]7(C(=O)NCc7cn(-c8cccc(F)c8)nn7)CC[C@@]6(C)[C@]5(C)CC[C@H]4C3(C)C)OC[C@H](O[C@@H]3O[C@H](CO)[C@@H](O)[C@H](O)[C@H]3O)[C@@H]2O)[C@H](O)[C@H](O)[C@H]1O. The number of carbonyl (C=O) groups is 1. The zero-order chi connectivity index (χ0) is 54.7. The molecule has 5 aliphatic carbocycles. The topological polar surface area (TPSA) is 277 Å². The van der Waals surface area contributed by atoms with Gasteiger partial charge in [0.15, 0.2) is 18.9 Å². The lowest BCUT2D eigenvalue weighted by Crippen LogP contribution is -2.66. The molecular weight excluding hydrogens is 988 g/mol. The average molecular weight is 1070 g/mol. The van der Waals surface area contributed by atoms with Gasteiger partial charge in [0.05, 0.1) is 49.3 Å². The van der Waals surface area contributed by atoms with Crippen LogP contribution in [0, 0.1) is 56.1 Å². The molecule has 1 amide bonds. The second-order valence-electron chi connectivity index (χ2n) is 26.0. The van der Waals surface area contributed by atoms with Crippen LogP contribution < -0.4 is 5.32 Å². The van der Waals surface area contributed by atoms with Crippen molar-refractivity contribution in [2.75, 3.05) is 13.2 Å². The number of nitrogens with one attached hydrogen (secondary N) is 1. The lowest BCUT2D eigenvalue weighted by atomic mass is 9.33. The number of amides is 1. The molecule has 4 heterocycles. The number of ether oxygens (including phenoxy) is 6. The quantitative estimate of drug-likeness (QED) is 0.115. The Morgan fingerprint density at radius 2 is 1.51 bits per heavy atom. The number of aliphatic hydroxyl groups excluding tert-OH is 8. The second kappa shape index (κ2) is 20.5. The Hall–Kier alpha value is -3.06. The molecule has 9 N–H and O–H groups in total. The van der Waals surface area contributed by atoms with E-state index >= 15 is 0 Å². The van der Waals surface area contributed by atoms with Crippen LogP contribution in [0.1, 0.15) is 125 Å². The largest absolute Gasteiger partial charge is 0.394 e. The minimum atomic E-state index is -1.76. The molecule has 22 atom stereocenters. The maximum Gasteiger partial charge on any atom is 0.227 e. The number of allylic oxidation sites excluding steroid dienone is 2. The van der Waals surface area contributed by atoms with Crippen molar-refractivity contribution in [1.29, 1.82) is 0 Å². The fourth-order valence-electron chi connectivity index (χ4n) is 16.3. The fraction of sp³-hybridized carbons (Fsp3) is 0.804. The lowest BCUT2D eigenvalue weighted by Gasteiger charge is -2.71. The summed E-state index contributed by atoms with van der Waals surface area (Å²) in [6, 6.07) is 6.15. The number of carbonyl (C=O) groups excluding carboxylic acids is 1. The molecule has 20 heteroatoms. The molecule has 1 aromatic heterocycles. The van der Waals surface area contributed by atoms with Crippen LogP contribution in [0.5, 0.6) is 0 Å². The third-order valence-corrected chi connectivity index (χ3v) is 21.0. The van der Waals surface area contributed by atoms with Gasteiger partial charge in [-0.3, -0.25) is 4.79 Å². The van der Waals surface area contributed by atoms with Crippen LogP contribution in [0.4, 0.5) is 4.39 Å². The molecule has 0 unspecified atom stereocenters. The maximum atomic E-state index is 14.9. The Morgan fingerprint density at radius 1 is 0.803 bits per heavy atom. The van der Waals surface area contributed by atoms with Crippen molar-refractivity contribution < 1.29 is 78.5 Å². The number of hydrogen-bond donors (Lipinski definition) is 9. The van der Waals surface area contributed by atoms with Crippen LogP contribution in [0.25, 0.3) is 5.69 Å². The van der Waals surface area contributed by atoms with Gasteiger partial charge in [0.25, 0.3) is 0 Å². The molecule has 3 saturated heterocycles. The monoisotopic (exact) mass is 1070 g/mol. The number of rotatable bonds is 11.